The minimum Gasteiger partial charge on any atom is -0.253 e. The Morgan fingerprint density at radius 2 is 2.35 bits per heavy atom. The van der Waals surface area contributed by atoms with Gasteiger partial charge in [0.15, 0.2) is 0 Å². The zero-order chi connectivity index (χ0) is 12.0. The Morgan fingerprint density at radius 3 is 2.94 bits per heavy atom. The fraction of sp³-hybridized carbons (Fsp3) is 0.692. The Bertz CT molecular complexity index is 436. The minimum atomic E-state index is 0.527. The van der Waals surface area contributed by atoms with E-state index in [1.165, 1.54) is 12.1 Å². The van der Waals surface area contributed by atoms with Gasteiger partial charge in [-0.05, 0) is 36.0 Å². The third-order valence-corrected chi connectivity index (χ3v) is 5.54. The van der Waals surface area contributed by atoms with Gasteiger partial charge in [-0.3, -0.25) is 5.43 Å². The van der Waals surface area contributed by atoms with E-state index in [4.69, 9.17) is 0 Å². The van der Waals surface area contributed by atoms with Crippen LogP contribution in [0.1, 0.15) is 33.6 Å². The van der Waals surface area contributed by atoms with Gasteiger partial charge in [0, 0.05) is 17.3 Å². The molecule has 0 amide bonds. The molecule has 3 fully saturated rings. The van der Waals surface area contributed by atoms with Gasteiger partial charge in [0.2, 0.25) is 5.13 Å². The monoisotopic (exact) mass is 249 g/mol. The summed E-state index contributed by atoms with van der Waals surface area (Å²) < 4.78 is 0. The van der Waals surface area contributed by atoms with Gasteiger partial charge in [0.1, 0.15) is 0 Å². The number of rotatable bonds is 2. The van der Waals surface area contributed by atoms with Crippen molar-refractivity contribution in [2.24, 2.45) is 28.3 Å². The lowest BCUT2D eigenvalue weighted by molar-refractivity contribution is -0.0521. The van der Waals surface area contributed by atoms with Crippen LogP contribution in [-0.2, 0) is 0 Å². The Balaban J connectivity index is 1.72. The van der Waals surface area contributed by atoms with Crippen molar-refractivity contribution < 1.29 is 0 Å². The minimum absolute atomic E-state index is 0.527. The van der Waals surface area contributed by atoms with Crippen LogP contribution in [0.5, 0.6) is 0 Å². The molecule has 0 spiro atoms. The maximum Gasteiger partial charge on any atom is 0.203 e. The van der Waals surface area contributed by atoms with Crippen molar-refractivity contribution in [1.29, 1.82) is 0 Å². The summed E-state index contributed by atoms with van der Waals surface area (Å²) in [7, 11) is 0. The molecule has 1 aromatic rings. The summed E-state index contributed by atoms with van der Waals surface area (Å²) in [5.41, 5.74) is 4.95. The smallest absolute Gasteiger partial charge is 0.203 e. The molecule has 4 rings (SSSR count). The van der Waals surface area contributed by atoms with E-state index in [0.29, 0.717) is 11.3 Å². The van der Waals surface area contributed by atoms with Crippen LogP contribution in [-0.4, -0.2) is 10.7 Å². The molecule has 1 heterocycles. The van der Waals surface area contributed by atoms with Crippen LogP contribution in [0, 0.1) is 23.2 Å². The first kappa shape index (κ1) is 11.2. The first-order valence-electron chi connectivity index (χ1n) is 6.31. The van der Waals surface area contributed by atoms with Crippen LogP contribution >= 0.6 is 11.3 Å². The van der Waals surface area contributed by atoms with E-state index in [1.54, 1.807) is 17.5 Å². The van der Waals surface area contributed by atoms with Gasteiger partial charge in [0.05, 0.1) is 0 Å². The maximum atomic E-state index is 4.57. The van der Waals surface area contributed by atoms with Crippen LogP contribution < -0.4 is 5.43 Å². The van der Waals surface area contributed by atoms with E-state index in [0.717, 1.165) is 23.4 Å². The molecule has 4 heteroatoms. The Kier molecular flexibility index (Phi) is 2.51. The van der Waals surface area contributed by atoms with Crippen molar-refractivity contribution in [1.82, 2.24) is 4.98 Å². The number of nitrogens with zero attached hydrogens (tertiary/aromatic N) is 2. The van der Waals surface area contributed by atoms with Crippen LogP contribution in [0.3, 0.4) is 0 Å². The van der Waals surface area contributed by atoms with Crippen molar-refractivity contribution in [2.45, 2.75) is 33.6 Å². The highest BCUT2D eigenvalue weighted by molar-refractivity contribution is 7.13. The number of aromatic nitrogens is 1. The number of hydrazone groups is 1. The summed E-state index contributed by atoms with van der Waals surface area (Å²) in [6, 6.07) is 0. The molecule has 3 nitrogen and oxygen atoms in total. The van der Waals surface area contributed by atoms with E-state index in [1.807, 2.05) is 5.38 Å². The average Bonchev–Trinajstić information content (AvgIpc) is 2.79. The van der Waals surface area contributed by atoms with E-state index in [2.05, 4.69) is 36.3 Å². The molecule has 3 saturated carbocycles. The molecule has 2 bridgehead atoms. The molecule has 3 aliphatic carbocycles. The fourth-order valence-corrected chi connectivity index (χ4v) is 3.94. The predicted octanol–water partition coefficient (Wildman–Crippen LogP) is 3.61. The predicted molar refractivity (Wildman–Crippen MR) is 72.3 cm³/mol. The van der Waals surface area contributed by atoms with Crippen LogP contribution in [0.4, 0.5) is 5.13 Å². The summed E-state index contributed by atoms with van der Waals surface area (Å²) in [6.45, 7) is 7.14. The SMILES string of the molecule is CC1C(=NNc2nccs2)CC2CC1C2(C)C. The Morgan fingerprint density at radius 1 is 1.53 bits per heavy atom. The molecule has 17 heavy (non-hydrogen) atoms. The number of hydrogen-bond donors (Lipinski definition) is 1. The van der Waals surface area contributed by atoms with Gasteiger partial charge in [-0.15, -0.1) is 11.3 Å². The maximum absolute atomic E-state index is 4.57. The van der Waals surface area contributed by atoms with Gasteiger partial charge >= 0.3 is 0 Å². The second-order valence-corrected chi connectivity index (χ2v) is 6.80. The lowest BCUT2D eigenvalue weighted by Gasteiger charge is -2.59. The largest absolute Gasteiger partial charge is 0.253 e. The standard InChI is InChI=1S/C13H19N3S/c1-8-10-6-9(13(10,2)3)7-11(8)15-16-12-14-4-5-17-12/h4-5,8-10H,6-7H2,1-3H3,(H,14,16). The van der Waals surface area contributed by atoms with E-state index >= 15 is 0 Å². The van der Waals surface area contributed by atoms with E-state index in [-0.39, 0.29) is 0 Å². The number of fused-ring (bicyclic) bond motifs is 2. The highest BCUT2D eigenvalue weighted by atomic mass is 32.1. The highest BCUT2D eigenvalue weighted by Crippen LogP contribution is 2.60. The topological polar surface area (TPSA) is 37.3 Å². The summed E-state index contributed by atoms with van der Waals surface area (Å²) >= 11 is 1.60. The van der Waals surface area contributed by atoms with Crippen molar-refractivity contribution in [3.05, 3.63) is 11.6 Å². The molecule has 3 aliphatic rings. The van der Waals surface area contributed by atoms with Crippen molar-refractivity contribution >= 4 is 22.2 Å². The molecular weight excluding hydrogens is 230 g/mol. The van der Waals surface area contributed by atoms with Gasteiger partial charge in [-0.2, -0.15) is 5.10 Å². The average molecular weight is 249 g/mol. The first-order valence-corrected chi connectivity index (χ1v) is 7.19. The number of thiazole rings is 1. The second-order valence-electron chi connectivity index (χ2n) is 5.91. The summed E-state index contributed by atoms with van der Waals surface area (Å²) in [6.07, 6.45) is 4.35. The van der Waals surface area contributed by atoms with Crippen molar-refractivity contribution in [3.8, 4) is 0 Å². The van der Waals surface area contributed by atoms with Gasteiger partial charge < -0.3 is 0 Å². The zero-order valence-electron chi connectivity index (χ0n) is 10.6. The lowest BCUT2D eigenvalue weighted by Crippen LogP contribution is -2.55. The third kappa shape index (κ3) is 1.69. The molecule has 3 atom stereocenters. The Labute approximate surface area is 106 Å². The molecule has 0 saturated heterocycles. The van der Waals surface area contributed by atoms with Gasteiger partial charge in [-0.25, -0.2) is 4.98 Å². The lowest BCUT2D eigenvalue weighted by atomic mass is 9.45. The summed E-state index contributed by atoms with van der Waals surface area (Å²) in [5.74, 6) is 2.26. The first-order chi connectivity index (χ1) is 8.09. The molecule has 0 aromatic carbocycles. The van der Waals surface area contributed by atoms with Crippen LogP contribution in [0.15, 0.2) is 16.7 Å². The second kappa shape index (κ2) is 3.80. The van der Waals surface area contributed by atoms with Gasteiger partial charge in [0.25, 0.3) is 0 Å². The summed E-state index contributed by atoms with van der Waals surface area (Å²) in [4.78, 5) is 4.18. The van der Waals surface area contributed by atoms with Crippen molar-refractivity contribution in [3.63, 3.8) is 0 Å². The molecule has 1 aromatic heterocycles. The zero-order valence-corrected chi connectivity index (χ0v) is 11.4. The molecule has 92 valence electrons. The molecule has 3 unspecified atom stereocenters. The molecule has 0 radical (unpaired) electrons. The molecular formula is C13H19N3S. The van der Waals surface area contributed by atoms with E-state index < -0.39 is 0 Å². The summed E-state index contributed by atoms with van der Waals surface area (Å²) in [5, 5.41) is 7.43. The number of nitrogens with one attached hydrogen (secondary N) is 1. The van der Waals surface area contributed by atoms with Crippen molar-refractivity contribution in [2.75, 3.05) is 5.43 Å². The highest BCUT2D eigenvalue weighted by Gasteiger charge is 2.55. The number of anilines is 1. The quantitative estimate of drug-likeness (QED) is 0.813. The molecule has 1 N–H and O–H groups in total. The number of hydrogen-bond acceptors (Lipinski definition) is 4. The van der Waals surface area contributed by atoms with Crippen LogP contribution in [0.2, 0.25) is 0 Å². The van der Waals surface area contributed by atoms with E-state index in [9.17, 15) is 0 Å². The fourth-order valence-electron chi connectivity index (χ4n) is 3.47. The molecule has 0 aliphatic heterocycles. The Hall–Kier alpha value is -0.900. The van der Waals surface area contributed by atoms with Crippen LogP contribution in [0.25, 0.3) is 0 Å². The third-order valence-electron chi connectivity index (χ3n) is 4.86. The normalized spacial score (nSPS) is 36.6. The van der Waals surface area contributed by atoms with Gasteiger partial charge in [-0.1, -0.05) is 20.8 Å².